The molecular weight excluding hydrogens is 271 g/mol. The number of rotatable bonds is 3. The van der Waals surface area contributed by atoms with E-state index in [-0.39, 0.29) is 0 Å². The lowest BCUT2D eigenvalue weighted by Gasteiger charge is -2.31. The van der Waals surface area contributed by atoms with Crippen LogP contribution < -0.4 is 0 Å². The summed E-state index contributed by atoms with van der Waals surface area (Å²) in [6, 6.07) is 0. The van der Waals surface area contributed by atoms with Crippen LogP contribution in [0.2, 0.25) is 0 Å². The van der Waals surface area contributed by atoms with Gasteiger partial charge < -0.3 is 13.7 Å². The maximum atomic E-state index is 12.6. The molecule has 0 saturated heterocycles. The van der Waals surface area contributed by atoms with E-state index in [9.17, 15) is 43.3 Å². The van der Waals surface area contributed by atoms with Gasteiger partial charge in [-0.2, -0.15) is 4.39 Å². The Hall–Kier alpha value is -0.340. The number of hydrogen-bond donors (Lipinski definition) is 0. The first kappa shape index (κ1) is 13.7. The van der Waals surface area contributed by atoms with Gasteiger partial charge in [-0.25, -0.2) is 25.3 Å². The molecule has 0 aromatic rings. The summed E-state index contributed by atoms with van der Waals surface area (Å²) < 4.78 is 95.4. The van der Waals surface area contributed by atoms with E-state index < -0.39 is 34.0 Å². The van der Waals surface area contributed by atoms with Gasteiger partial charge in [0.2, 0.25) is 0 Å². The average molecular weight is 271 g/mol. The number of hydrogen-bond acceptors (Lipinski definition) is 9. The molecule has 14 heavy (non-hydrogen) atoms. The van der Waals surface area contributed by atoms with Crippen LogP contribution in [0, 0.1) is 0 Å². The molecular formula is CFO9S3-3. The van der Waals surface area contributed by atoms with Crippen molar-refractivity contribution in [1.82, 2.24) is 0 Å². The van der Waals surface area contributed by atoms with E-state index in [0.717, 1.165) is 0 Å². The smallest absolute Gasteiger partial charge is 0.371 e. The molecule has 0 fully saturated rings. The fraction of sp³-hybridized carbons (Fsp3) is 1.00. The molecule has 0 heterocycles. The Morgan fingerprint density at radius 2 is 0.857 bits per heavy atom. The average Bonchev–Trinajstić information content (AvgIpc) is 1.77. The van der Waals surface area contributed by atoms with Crippen molar-refractivity contribution in [3.05, 3.63) is 0 Å². The second kappa shape index (κ2) is 3.07. The number of halogens is 1. The Kier molecular flexibility index (Phi) is 3.00. The van der Waals surface area contributed by atoms with Gasteiger partial charge in [-0.05, 0) is 0 Å². The van der Waals surface area contributed by atoms with Gasteiger partial charge in [0.15, 0.2) is 30.4 Å². The fourth-order valence-corrected chi connectivity index (χ4v) is 3.38. The van der Waals surface area contributed by atoms with E-state index >= 15 is 0 Å². The molecule has 86 valence electrons. The molecule has 0 N–H and O–H groups in total. The van der Waals surface area contributed by atoms with E-state index in [4.69, 9.17) is 0 Å². The highest BCUT2D eigenvalue weighted by atomic mass is 32.3. The Balaban J connectivity index is 6.41. The van der Waals surface area contributed by atoms with E-state index in [1.165, 1.54) is 0 Å². The summed E-state index contributed by atoms with van der Waals surface area (Å²) in [4.78, 5) is 0. The molecule has 0 unspecified atom stereocenters. The largest absolute Gasteiger partial charge is 0.744 e. The zero-order valence-electron chi connectivity index (χ0n) is 5.78. The molecule has 0 bridgehead atoms. The van der Waals surface area contributed by atoms with Crippen LogP contribution in [-0.4, -0.2) is 42.6 Å². The summed E-state index contributed by atoms with van der Waals surface area (Å²) >= 11 is 0. The minimum absolute atomic E-state index is 5.94. The lowest BCUT2D eigenvalue weighted by molar-refractivity contribution is 0.326. The third-order valence-corrected chi connectivity index (χ3v) is 6.36. The van der Waals surface area contributed by atoms with Crippen molar-refractivity contribution in [2.24, 2.45) is 0 Å². The molecule has 0 aromatic heterocycles. The predicted molar refractivity (Wildman–Crippen MR) is 32.9 cm³/mol. The Morgan fingerprint density at radius 3 is 0.857 bits per heavy atom. The molecule has 0 aliphatic carbocycles. The maximum absolute atomic E-state index is 12.6. The molecule has 9 nitrogen and oxygen atoms in total. The van der Waals surface area contributed by atoms with Gasteiger partial charge in [0.05, 0.1) is 0 Å². The Morgan fingerprint density at radius 1 is 0.714 bits per heavy atom. The summed E-state index contributed by atoms with van der Waals surface area (Å²) in [5.41, 5.74) is 0. The van der Waals surface area contributed by atoms with Gasteiger partial charge in [0.25, 0.3) is 0 Å². The highest BCUT2D eigenvalue weighted by Crippen LogP contribution is 2.30. The molecule has 0 amide bonds. The molecule has 0 spiro atoms. The highest BCUT2D eigenvalue weighted by Gasteiger charge is 2.52. The first-order chi connectivity index (χ1) is 5.75. The predicted octanol–water partition coefficient (Wildman–Crippen LogP) is -2.80. The van der Waals surface area contributed by atoms with Crippen molar-refractivity contribution < 1.29 is 43.3 Å². The van der Waals surface area contributed by atoms with Crippen LogP contribution in [0.15, 0.2) is 0 Å². The summed E-state index contributed by atoms with van der Waals surface area (Å²) in [6.45, 7) is 0. The molecule has 0 aliphatic rings. The second-order valence-corrected chi connectivity index (χ2v) is 7.03. The minimum atomic E-state index is -6.80. The lowest BCUT2D eigenvalue weighted by atomic mass is 11.7. The van der Waals surface area contributed by atoms with Crippen LogP contribution in [0.3, 0.4) is 0 Å². The monoisotopic (exact) mass is 271 g/mol. The topological polar surface area (TPSA) is 172 Å². The molecule has 0 atom stereocenters. The Labute approximate surface area is 77.8 Å². The summed E-state index contributed by atoms with van der Waals surface area (Å²) in [5.74, 6) is 0. The zero-order chi connectivity index (χ0) is 12.0. The van der Waals surface area contributed by atoms with E-state index in [1.54, 1.807) is 0 Å². The lowest BCUT2D eigenvalue weighted by Crippen LogP contribution is -2.48. The van der Waals surface area contributed by atoms with Crippen LogP contribution in [0.5, 0.6) is 0 Å². The van der Waals surface area contributed by atoms with Gasteiger partial charge in [0, 0.05) is 0 Å². The number of alkyl halides is 1. The molecule has 0 radical (unpaired) electrons. The van der Waals surface area contributed by atoms with Crippen LogP contribution in [0.1, 0.15) is 0 Å². The fourth-order valence-electron chi connectivity index (χ4n) is 0.375. The summed E-state index contributed by atoms with van der Waals surface area (Å²) in [5, 5.41) is 0. The zero-order valence-corrected chi connectivity index (χ0v) is 8.23. The van der Waals surface area contributed by atoms with Crippen molar-refractivity contribution >= 4 is 30.4 Å². The first-order valence-corrected chi connectivity index (χ1v) is 6.53. The van der Waals surface area contributed by atoms with Crippen molar-refractivity contribution in [2.75, 3.05) is 0 Å². The van der Waals surface area contributed by atoms with Gasteiger partial charge >= 0.3 is 3.66 Å². The minimum Gasteiger partial charge on any atom is -0.744 e. The SMILES string of the molecule is O=S(=O)([O-])C(F)(S(=O)(=O)[O-])S(=O)(=O)[O-]. The standard InChI is InChI=1S/CH3FO9S3/c2-1(12(3,4)5,13(6,7)8)14(9,10)11/h(H,3,4,5)(H,6,7,8)(H,9,10,11)/p-3. The van der Waals surface area contributed by atoms with Crippen molar-refractivity contribution in [2.45, 2.75) is 3.66 Å². The first-order valence-electron chi connectivity index (χ1n) is 2.30. The highest BCUT2D eigenvalue weighted by molar-refractivity contribution is 8.20. The van der Waals surface area contributed by atoms with Crippen molar-refractivity contribution in [3.63, 3.8) is 0 Å². The molecule has 0 rings (SSSR count). The van der Waals surface area contributed by atoms with Crippen LogP contribution >= 0.6 is 0 Å². The van der Waals surface area contributed by atoms with Crippen LogP contribution in [-0.2, 0) is 30.4 Å². The van der Waals surface area contributed by atoms with Gasteiger partial charge in [0.1, 0.15) is 0 Å². The second-order valence-electron chi connectivity index (χ2n) is 1.84. The van der Waals surface area contributed by atoms with E-state index in [2.05, 4.69) is 0 Å². The van der Waals surface area contributed by atoms with Gasteiger partial charge in [-0.1, -0.05) is 0 Å². The molecule has 0 aromatic carbocycles. The van der Waals surface area contributed by atoms with Gasteiger partial charge in [-0.15, -0.1) is 0 Å². The van der Waals surface area contributed by atoms with Crippen molar-refractivity contribution in [3.8, 4) is 0 Å². The molecule has 0 aliphatic heterocycles. The van der Waals surface area contributed by atoms with Crippen molar-refractivity contribution in [1.29, 1.82) is 0 Å². The van der Waals surface area contributed by atoms with Crippen LogP contribution in [0.4, 0.5) is 4.39 Å². The van der Waals surface area contributed by atoms with Crippen LogP contribution in [0.25, 0.3) is 0 Å². The normalized spacial score (nSPS) is 15.4. The van der Waals surface area contributed by atoms with Gasteiger partial charge in [-0.3, -0.25) is 0 Å². The third kappa shape index (κ3) is 1.86. The summed E-state index contributed by atoms with van der Waals surface area (Å²) in [7, 11) is -20.4. The molecule has 0 saturated carbocycles. The Bertz CT molecular complexity index is 440. The quantitative estimate of drug-likeness (QED) is 0.491. The third-order valence-electron chi connectivity index (χ3n) is 0.896. The van der Waals surface area contributed by atoms with E-state index in [1.807, 2.05) is 0 Å². The molecule has 13 heteroatoms. The summed E-state index contributed by atoms with van der Waals surface area (Å²) in [6.07, 6.45) is 0. The maximum Gasteiger partial charge on any atom is 0.371 e. The van der Waals surface area contributed by atoms with E-state index in [0.29, 0.717) is 0 Å².